The molecule has 1 fully saturated rings. The van der Waals surface area contributed by atoms with Crippen molar-refractivity contribution in [3.63, 3.8) is 0 Å². The number of hydrogen-bond donors (Lipinski definition) is 4. The number of aromatic nitrogens is 1. The van der Waals surface area contributed by atoms with Gasteiger partial charge in [-0.25, -0.2) is 9.59 Å². The summed E-state index contributed by atoms with van der Waals surface area (Å²) in [6.07, 6.45) is 5.04. The van der Waals surface area contributed by atoms with Crippen LogP contribution in [0.2, 0.25) is 0 Å². The van der Waals surface area contributed by atoms with E-state index in [1.807, 2.05) is 24.3 Å². The summed E-state index contributed by atoms with van der Waals surface area (Å²) in [4.78, 5) is 28.9. The Kier molecular flexibility index (Phi) is 12.1. The van der Waals surface area contributed by atoms with Gasteiger partial charge in [-0.1, -0.05) is 44.0 Å². The molecule has 10 nitrogen and oxygen atoms in total. The quantitative estimate of drug-likeness (QED) is 0.257. The fourth-order valence-corrected chi connectivity index (χ4v) is 4.93. The fraction of sp³-hybridized carbons (Fsp3) is 0.577. The third kappa shape index (κ3) is 9.58. The SMILES string of the molecule is CCc1ccc(COc2nsc(NC(=O)NCCCCCCN3CCN(CCO)CC3)c2C(=O)O)cc1. The molecule has 1 aliphatic heterocycles. The highest BCUT2D eigenvalue weighted by Gasteiger charge is 2.23. The van der Waals surface area contributed by atoms with Crippen molar-refractivity contribution in [2.24, 2.45) is 0 Å². The number of ether oxygens (including phenoxy) is 1. The first kappa shape index (κ1) is 28.8. The molecule has 204 valence electrons. The van der Waals surface area contributed by atoms with Crippen molar-refractivity contribution in [1.29, 1.82) is 0 Å². The molecule has 2 aromatic rings. The molecule has 11 heteroatoms. The number of aliphatic hydroxyl groups excluding tert-OH is 1. The van der Waals surface area contributed by atoms with E-state index in [1.54, 1.807) is 0 Å². The second-order valence-electron chi connectivity index (χ2n) is 9.16. The van der Waals surface area contributed by atoms with Crippen molar-refractivity contribution < 1.29 is 24.5 Å². The van der Waals surface area contributed by atoms with Gasteiger partial charge in [0.25, 0.3) is 0 Å². The van der Waals surface area contributed by atoms with E-state index in [2.05, 4.69) is 31.7 Å². The zero-order valence-electron chi connectivity index (χ0n) is 21.6. The number of carboxylic acid groups (broad SMARTS) is 1. The highest BCUT2D eigenvalue weighted by atomic mass is 32.1. The largest absolute Gasteiger partial charge is 0.477 e. The summed E-state index contributed by atoms with van der Waals surface area (Å²) in [5.74, 6) is -1.20. The number of nitrogens with zero attached hydrogens (tertiary/aromatic N) is 3. The first-order valence-electron chi connectivity index (χ1n) is 13.0. The maximum atomic E-state index is 12.3. The highest BCUT2D eigenvalue weighted by molar-refractivity contribution is 7.11. The van der Waals surface area contributed by atoms with Crippen LogP contribution in [-0.2, 0) is 13.0 Å². The van der Waals surface area contributed by atoms with Gasteiger partial charge in [-0.3, -0.25) is 10.2 Å². The Morgan fingerprint density at radius 1 is 1.00 bits per heavy atom. The van der Waals surface area contributed by atoms with Crippen LogP contribution < -0.4 is 15.4 Å². The van der Waals surface area contributed by atoms with Crippen LogP contribution in [0.25, 0.3) is 0 Å². The van der Waals surface area contributed by atoms with Crippen molar-refractivity contribution in [1.82, 2.24) is 19.5 Å². The predicted molar refractivity (Wildman–Crippen MR) is 145 cm³/mol. The highest BCUT2D eigenvalue weighted by Crippen LogP contribution is 2.31. The van der Waals surface area contributed by atoms with E-state index in [-0.39, 0.29) is 29.7 Å². The molecule has 4 N–H and O–H groups in total. The number of carbonyl (C=O) groups is 2. The van der Waals surface area contributed by atoms with Gasteiger partial charge in [-0.05, 0) is 48.5 Å². The minimum Gasteiger partial charge on any atom is -0.477 e. The van der Waals surface area contributed by atoms with Crippen LogP contribution in [0.1, 0.15) is 54.1 Å². The Hall–Kier alpha value is -2.73. The van der Waals surface area contributed by atoms with E-state index in [9.17, 15) is 14.7 Å². The zero-order chi connectivity index (χ0) is 26.5. The number of carboxylic acids is 1. The molecule has 0 atom stereocenters. The number of unbranched alkanes of at least 4 members (excludes halogenated alkanes) is 3. The van der Waals surface area contributed by atoms with E-state index in [0.29, 0.717) is 6.54 Å². The van der Waals surface area contributed by atoms with Gasteiger partial charge >= 0.3 is 12.0 Å². The molecule has 0 radical (unpaired) electrons. The summed E-state index contributed by atoms with van der Waals surface area (Å²) in [6, 6.07) is 7.46. The number of carbonyl (C=O) groups excluding carboxylic acids is 1. The van der Waals surface area contributed by atoms with E-state index >= 15 is 0 Å². The van der Waals surface area contributed by atoms with Gasteiger partial charge in [0.1, 0.15) is 11.6 Å². The maximum Gasteiger partial charge on any atom is 0.344 e. The van der Waals surface area contributed by atoms with E-state index in [1.165, 1.54) is 5.56 Å². The van der Waals surface area contributed by atoms with Crippen molar-refractivity contribution in [2.75, 3.05) is 57.7 Å². The third-order valence-electron chi connectivity index (χ3n) is 6.48. The molecule has 2 heterocycles. The molecule has 0 saturated carbocycles. The summed E-state index contributed by atoms with van der Waals surface area (Å²) in [6.45, 7) is 9.00. The predicted octanol–water partition coefficient (Wildman–Crippen LogP) is 3.27. The molecule has 1 aromatic carbocycles. The van der Waals surface area contributed by atoms with Gasteiger partial charge in [0, 0.05) is 39.3 Å². The van der Waals surface area contributed by atoms with Gasteiger partial charge in [-0.2, -0.15) is 4.37 Å². The second-order valence-corrected chi connectivity index (χ2v) is 9.93. The van der Waals surface area contributed by atoms with E-state index in [0.717, 1.165) is 88.5 Å². The molecule has 0 bridgehead atoms. The van der Waals surface area contributed by atoms with Crippen LogP contribution in [0.15, 0.2) is 24.3 Å². The molecule has 2 amide bonds. The Morgan fingerprint density at radius 2 is 1.65 bits per heavy atom. The normalized spacial score (nSPS) is 14.4. The summed E-state index contributed by atoms with van der Waals surface area (Å²) in [5, 5.41) is 24.2. The lowest BCUT2D eigenvalue weighted by Gasteiger charge is -2.34. The number of aryl methyl sites for hydroxylation is 1. The smallest absolute Gasteiger partial charge is 0.344 e. The van der Waals surface area contributed by atoms with Crippen molar-refractivity contribution in [3.05, 3.63) is 41.0 Å². The minimum atomic E-state index is -1.20. The molecular formula is C26H39N5O5S. The molecule has 37 heavy (non-hydrogen) atoms. The van der Waals surface area contributed by atoms with Gasteiger partial charge in [0.05, 0.1) is 6.61 Å². The molecule has 1 saturated heterocycles. The van der Waals surface area contributed by atoms with Crippen LogP contribution in [0.4, 0.5) is 9.80 Å². The van der Waals surface area contributed by atoms with Crippen LogP contribution >= 0.6 is 11.5 Å². The molecular weight excluding hydrogens is 494 g/mol. The standard InChI is InChI=1S/C26H39N5O5S/c1-2-20-7-9-21(10-8-20)19-36-23-22(25(33)34)24(37-29-23)28-26(35)27-11-5-3-4-6-12-30-13-15-31(16-14-30)17-18-32/h7-10,32H,2-6,11-19H2,1H3,(H,33,34)(H2,27,28,35). The molecule has 0 unspecified atom stereocenters. The first-order chi connectivity index (χ1) is 18.0. The molecule has 3 rings (SSSR count). The van der Waals surface area contributed by atoms with Crippen LogP contribution in [0.5, 0.6) is 5.88 Å². The number of amides is 2. The number of β-amino-alcohol motifs (C(OH)–C–C–N with tert-alkyl or cyclic N) is 1. The van der Waals surface area contributed by atoms with E-state index < -0.39 is 12.0 Å². The summed E-state index contributed by atoms with van der Waals surface area (Å²) in [7, 11) is 0. The maximum absolute atomic E-state index is 12.3. The number of piperazine rings is 1. The Morgan fingerprint density at radius 3 is 2.30 bits per heavy atom. The fourth-order valence-electron chi connectivity index (χ4n) is 4.21. The molecule has 0 spiro atoms. The Bertz CT molecular complexity index is 976. The lowest BCUT2D eigenvalue weighted by atomic mass is 10.1. The number of aromatic carboxylic acids is 1. The van der Waals surface area contributed by atoms with Crippen molar-refractivity contribution in [3.8, 4) is 5.88 Å². The lowest BCUT2D eigenvalue weighted by Crippen LogP contribution is -2.47. The number of aliphatic hydroxyl groups is 1. The van der Waals surface area contributed by atoms with Crippen LogP contribution in [0, 0.1) is 0 Å². The van der Waals surface area contributed by atoms with Gasteiger partial charge in [0.15, 0.2) is 5.56 Å². The summed E-state index contributed by atoms with van der Waals surface area (Å²) < 4.78 is 9.75. The zero-order valence-corrected chi connectivity index (χ0v) is 22.4. The topological polar surface area (TPSA) is 127 Å². The summed E-state index contributed by atoms with van der Waals surface area (Å²) >= 11 is 0.893. The number of urea groups is 1. The van der Waals surface area contributed by atoms with Gasteiger partial charge < -0.3 is 25.2 Å². The number of anilines is 1. The molecule has 1 aromatic heterocycles. The second kappa shape index (κ2) is 15.5. The van der Waals surface area contributed by atoms with Gasteiger partial charge in [0.2, 0.25) is 5.88 Å². The number of nitrogens with one attached hydrogen (secondary N) is 2. The van der Waals surface area contributed by atoms with Crippen LogP contribution in [-0.4, -0.2) is 88.8 Å². The molecule has 0 aliphatic carbocycles. The average molecular weight is 534 g/mol. The number of rotatable bonds is 15. The van der Waals surface area contributed by atoms with Gasteiger partial charge in [-0.15, -0.1) is 0 Å². The monoisotopic (exact) mass is 533 g/mol. The van der Waals surface area contributed by atoms with Crippen molar-refractivity contribution >= 4 is 28.5 Å². The van der Waals surface area contributed by atoms with Crippen LogP contribution in [0.3, 0.4) is 0 Å². The lowest BCUT2D eigenvalue weighted by molar-refractivity contribution is 0.0693. The van der Waals surface area contributed by atoms with Crippen molar-refractivity contribution in [2.45, 2.75) is 45.6 Å². The Balaban J connectivity index is 1.32. The first-order valence-corrected chi connectivity index (χ1v) is 13.8. The minimum absolute atomic E-state index is 0.00202. The summed E-state index contributed by atoms with van der Waals surface area (Å²) in [5.41, 5.74) is 1.99. The number of benzene rings is 1. The van der Waals surface area contributed by atoms with E-state index in [4.69, 9.17) is 9.84 Å². The Labute approximate surface area is 222 Å². The number of hydrogen-bond acceptors (Lipinski definition) is 8. The molecule has 1 aliphatic rings. The third-order valence-corrected chi connectivity index (χ3v) is 7.22. The average Bonchev–Trinajstić information content (AvgIpc) is 3.30.